The lowest BCUT2D eigenvalue weighted by atomic mass is 10.00. The van der Waals surface area contributed by atoms with Crippen LogP contribution >= 0.6 is 0 Å². The van der Waals surface area contributed by atoms with Crippen molar-refractivity contribution < 1.29 is 23.8 Å². The van der Waals surface area contributed by atoms with E-state index in [2.05, 4.69) is 5.32 Å². The van der Waals surface area contributed by atoms with Crippen molar-refractivity contribution in [3.05, 3.63) is 75.1 Å². The van der Waals surface area contributed by atoms with Crippen LogP contribution in [0.4, 0.5) is 0 Å². The first-order chi connectivity index (χ1) is 14.8. The van der Waals surface area contributed by atoms with E-state index >= 15 is 0 Å². The minimum Gasteiger partial charge on any atom is -0.496 e. The van der Waals surface area contributed by atoms with Crippen molar-refractivity contribution >= 4 is 22.8 Å². The van der Waals surface area contributed by atoms with Crippen molar-refractivity contribution in [3.8, 4) is 5.75 Å². The number of hydrogen-bond acceptors (Lipinski definition) is 5. The lowest BCUT2D eigenvalue weighted by Crippen LogP contribution is -2.42. The summed E-state index contributed by atoms with van der Waals surface area (Å²) in [6.45, 7) is 3.63. The molecule has 2 aromatic carbocycles. The number of carbonyl (C=O) groups excluding carboxylic acids is 1. The predicted octanol–water partition coefficient (Wildman–Crippen LogP) is 3.16. The summed E-state index contributed by atoms with van der Waals surface area (Å²) in [5, 5.41) is 12.8. The Morgan fingerprint density at radius 1 is 1.10 bits per heavy atom. The molecular weight excluding hydrogens is 398 g/mol. The predicted molar refractivity (Wildman–Crippen MR) is 117 cm³/mol. The average Bonchev–Trinajstić information content (AvgIpc) is 2.74. The standard InChI is InChI=1S/C24H25NO6/c1-14-17-9-11-20(30-3)15(2)22(17)31-24(29)18(14)10-12-21(26)25-19(23(27)28)13-16-7-5-4-6-8-16/h4-9,11,19H,10,12-13H2,1-3H3,(H,25,26)(H,27,28). The van der Waals surface area contributed by atoms with Crippen LogP contribution < -0.4 is 15.7 Å². The Labute approximate surface area is 179 Å². The van der Waals surface area contributed by atoms with Gasteiger partial charge in [0.05, 0.1) is 7.11 Å². The first-order valence-electron chi connectivity index (χ1n) is 9.97. The fraction of sp³-hybridized carbons (Fsp3) is 0.292. The molecule has 1 atom stereocenters. The fourth-order valence-corrected chi connectivity index (χ4v) is 3.64. The average molecular weight is 423 g/mol. The molecule has 0 saturated heterocycles. The minimum atomic E-state index is -1.11. The summed E-state index contributed by atoms with van der Waals surface area (Å²) >= 11 is 0. The molecule has 0 radical (unpaired) electrons. The van der Waals surface area contributed by atoms with Crippen molar-refractivity contribution in [3.63, 3.8) is 0 Å². The minimum absolute atomic E-state index is 0.0230. The number of rotatable bonds is 8. The second-order valence-electron chi connectivity index (χ2n) is 7.41. The van der Waals surface area contributed by atoms with E-state index in [1.54, 1.807) is 7.11 Å². The lowest BCUT2D eigenvalue weighted by molar-refractivity contribution is -0.141. The van der Waals surface area contributed by atoms with E-state index in [4.69, 9.17) is 9.15 Å². The van der Waals surface area contributed by atoms with Gasteiger partial charge in [-0.3, -0.25) is 4.79 Å². The Bertz CT molecular complexity index is 1170. The highest BCUT2D eigenvalue weighted by Gasteiger charge is 2.21. The monoisotopic (exact) mass is 423 g/mol. The molecule has 0 spiro atoms. The number of aliphatic carboxylic acids is 1. The molecule has 7 heteroatoms. The molecule has 0 fully saturated rings. The smallest absolute Gasteiger partial charge is 0.339 e. The Kier molecular flexibility index (Phi) is 6.74. The molecule has 3 rings (SSSR count). The van der Waals surface area contributed by atoms with Crippen LogP contribution in [0.5, 0.6) is 5.75 Å². The summed E-state index contributed by atoms with van der Waals surface area (Å²) in [7, 11) is 1.55. The van der Waals surface area contributed by atoms with Gasteiger partial charge in [0.15, 0.2) is 0 Å². The highest BCUT2D eigenvalue weighted by Crippen LogP contribution is 2.29. The van der Waals surface area contributed by atoms with Gasteiger partial charge in [-0.05, 0) is 43.5 Å². The molecule has 0 aliphatic rings. The first kappa shape index (κ1) is 22.1. The van der Waals surface area contributed by atoms with Crippen LogP contribution in [0.1, 0.15) is 28.7 Å². The molecule has 0 aliphatic heterocycles. The Balaban J connectivity index is 1.74. The Hall–Kier alpha value is -3.61. The number of amides is 1. The number of fused-ring (bicyclic) bond motifs is 1. The number of methoxy groups -OCH3 is 1. The summed E-state index contributed by atoms with van der Waals surface area (Å²) in [4.78, 5) is 36.5. The molecule has 0 bridgehead atoms. The molecule has 2 N–H and O–H groups in total. The van der Waals surface area contributed by atoms with E-state index in [1.165, 1.54) is 0 Å². The van der Waals surface area contributed by atoms with Gasteiger partial charge in [-0.2, -0.15) is 0 Å². The Morgan fingerprint density at radius 2 is 1.81 bits per heavy atom. The van der Waals surface area contributed by atoms with Gasteiger partial charge in [-0.25, -0.2) is 9.59 Å². The molecule has 31 heavy (non-hydrogen) atoms. The van der Waals surface area contributed by atoms with Crippen molar-refractivity contribution in [2.45, 2.75) is 39.2 Å². The van der Waals surface area contributed by atoms with Gasteiger partial charge >= 0.3 is 11.6 Å². The first-order valence-corrected chi connectivity index (χ1v) is 9.97. The highest BCUT2D eigenvalue weighted by molar-refractivity contribution is 5.86. The third-order valence-corrected chi connectivity index (χ3v) is 5.39. The number of ether oxygens (including phenoxy) is 1. The second-order valence-corrected chi connectivity index (χ2v) is 7.41. The number of carboxylic acids is 1. The number of nitrogens with one attached hydrogen (secondary N) is 1. The van der Waals surface area contributed by atoms with E-state index in [9.17, 15) is 19.5 Å². The topological polar surface area (TPSA) is 106 Å². The van der Waals surface area contributed by atoms with E-state index in [0.717, 1.165) is 22.1 Å². The highest BCUT2D eigenvalue weighted by atomic mass is 16.5. The molecule has 1 unspecified atom stereocenters. The van der Waals surface area contributed by atoms with Crippen molar-refractivity contribution in [2.24, 2.45) is 0 Å². The van der Waals surface area contributed by atoms with Gasteiger partial charge in [0.25, 0.3) is 0 Å². The SMILES string of the molecule is COc1ccc2c(C)c(CCC(=O)NC(Cc3ccccc3)C(=O)O)c(=O)oc2c1C. The zero-order valence-electron chi connectivity index (χ0n) is 17.7. The van der Waals surface area contributed by atoms with Crippen LogP contribution in [0.3, 0.4) is 0 Å². The molecule has 0 aliphatic carbocycles. The summed E-state index contributed by atoms with van der Waals surface area (Å²) in [5.41, 5.74) is 2.64. The molecule has 1 heterocycles. The number of carbonyl (C=O) groups is 2. The van der Waals surface area contributed by atoms with Gasteiger partial charge in [0.2, 0.25) is 5.91 Å². The number of benzene rings is 2. The molecular formula is C24H25NO6. The van der Waals surface area contributed by atoms with Crippen molar-refractivity contribution in [1.29, 1.82) is 0 Å². The fourth-order valence-electron chi connectivity index (χ4n) is 3.64. The largest absolute Gasteiger partial charge is 0.496 e. The van der Waals surface area contributed by atoms with Gasteiger partial charge < -0.3 is 19.6 Å². The maximum absolute atomic E-state index is 12.6. The number of carboxylic acid groups (broad SMARTS) is 1. The van der Waals surface area contributed by atoms with Crippen molar-refractivity contribution in [2.75, 3.05) is 7.11 Å². The summed E-state index contributed by atoms with van der Waals surface area (Å²) in [5.74, 6) is -0.920. The van der Waals surface area contributed by atoms with Crippen LogP contribution in [0.25, 0.3) is 11.0 Å². The third kappa shape index (κ3) is 4.94. The summed E-state index contributed by atoms with van der Waals surface area (Å²) < 4.78 is 10.8. The molecule has 1 aromatic heterocycles. The van der Waals surface area contributed by atoms with Gasteiger partial charge in [0, 0.05) is 29.4 Å². The van der Waals surface area contributed by atoms with Gasteiger partial charge in [-0.15, -0.1) is 0 Å². The van der Waals surface area contributed by atoms with Crippen LogP contribution in [0.2, 0.25) is 0 Å². The van der Waals surface area contributed by atoms with Crippen LogP contribution in [0, 0.1) is 13.8 Å². The van der Waals surface area contributed by atoms with E-state index < -0.39 is 23.5 Å². The Morgan fingerprint density at radius 3 is 2.45 bits per heavy atom. The lowest BCUT2D eigenvalue weighted by Gasteiger charge is -2.15. The van der Waals surface area contributed by atoms with Crippen LogP contribution in [-0.2, 0) is 22.4 Å². The third-order valence-electron chi connectivity index (χ3n) is 5.39. The summed E-state index contributed by atoms with van der Waals surface area (Å²) in [6, 6.07) is 11.7. The molecule has 162 valence electrons. The van der Waals surface area contributed by atoms with Crippen LogP contribution in [-0.4, -0.2) is 30.1 Å². The van der Waals surface area contributed by atoms with E-state index in [0.29, 0.717) is 16.9 Å². The second kappa shape index (κ2) is 9.47. The van der Waals surface area contributed by atoms with Crippen molar-refractivity contribution in [1.82, 2.24) is 5.32 Å². The number of aryl methyl sites for hydroxylation is 2. The number of hydrogen-bond donors (Lipinski definition) is 2. The van der Waals surface area contributed by atoms with Gasteiger partial charge in [0.1, 0.15) is 17.4 Å². The molecule has 1 amide bonds. The summed E-state index contributed by atoms with van der Waals surface area (Å²) in [6.07, 6.45) is 0.309. The van der Waals surface area contributed by atoms with E-state index in [-0.39, 0.29) is 19.3 Å². The quantitative estimate of drug-likeness (QED) is 0.539. The zero-order chi connectivity index (χ0) is 22.5. The zero-order valence-corrected chi connectivity index (χ0v) is 17.7. The van der Waals surface area contributed by atoms with Crippen LogP contribution in [0.15, 0.2) is 51.7 Å². The normalized spacial score (nSPS) is 11.8. The van der Waals surface area contributed by atoms with Gasteiger partial charge in [-0.1, -0.05) is 30.3 Å². The van der Waals surface area contributed by atoms with E-state index in [1.807, 2.05) is 56.3 Å². The maximum atomic E-state index is 12.6. The molecule has 3 aromatic rings. The molecule has 0 saturated carbocycles. The maximum Gasteiger partial charge on any atom is 0.339 e. The molecule has 7 nitrogen and oxygen atoms in total.